The zero-order chi connectivity index (χ0) is 14.2. The third-order valence-corrected chi connectivity index (χ3v) is 3.91. The average molecular weight is 276 g/mol. The van der Waals surface area contributed by atoms with Gasteiger partial charge in [0.15, 0.2) is 0 Å². The summed E-state index contributed by atoms with van der Waals surface area (Å²) in [6, 6.07) is 7.12. The van der Waals surface area contributed by atoms with Crippen molar-refractivity contribution in [1.82, 2.24) is 10.6 Å². The lowest BCUT2D eigenvalue weighted by atomic mass is 9.93. The topological polar surface area (TPSA) is 61.4 Å². The molecule has 1 aromatic rings. The highest BCUT2D eigenvalue weighted by Gasteiger charge is 2.14. The van der Waals surface area contributed by atoms with Crippen LogP contribution >= 0.6 is 0 Å². The molecule has 0 radical (unpaired) electrons. The van der Waals surface area contributed by atoms with Crippen molar-refractivity contribution in [1.29, 1.82) is 0 Å². The third-order valence-electron chi connectivity index (χ3n) is 3.91. The van der Waals surface area contributed by atoms with Crippen LogP contribution in [-0.2, 0) is 11.2 Å². The molecule has 4 heteroatoms. The van der Waals surface area contributed by atoms with E-state index in [4.69, 9.17) is 0 Å². The predicted octanol–water partition coefficient (Wildman–Crippen LogP) is 1.83. The number of hydrogen-bond donors (Lipinski definition) is 3. The molecule has 0 unspecified atom stereocenters. The lowest BCUT2D eigenvalue weighted by Crippen LogP contribution is -2.30. The number of carbonyl (C=O) groups excluding carboxylic acids is 1. The summed E-state index contributed by atoms with van der Waals surface area (Å²) >= 11 is 0. The van der Waals surface area contributed by atoms with E-state index in [2.05, 4.69) is 10.6 Å². The van der Waals surface area contributed by atoms with Crippen molar-refractivity contribution in [3.63, 3.8) is 0 Å². The Kier molecular flexibility index (Phi) is 5.87. The minimum atomic E-state index is 0.155. The standard InChI is InChI=1S/C16H24N2O2/c19-15-4-1-13(2-5-15)9-12-18-16(20)6-3-14-7-10-17-11-8-14/h1-2,4-5,14,17,19H,3,6-12H2,(H,18,20). The highest BCUT2D eigenvalue weighted by Crippen LogP contribution is 2.17. The van der Waals surface area contributed by atoms with Crippen LogP contribution in [0.15, 0.2) is 24.3 Å². The van der Waals surface area contributed by atoms with Gasteiger partial charge in [-0.1, -0.05) is 12.1 Å². The van der Waals surface area contributed by atoms with Gasteiger partial charge < -0.3 is 15.7 Å². The summed E-state index contributed by atoms with van der Waals surface area (Å²) in [5.74, 6) is 1.14. The normalized spacial score (nSPS) is 16.0. The van der Waals surface area contributed by atoms with Gasteiger partial charge in [0.25, 0.3) is 0 Å². The molecular formula is C16H24N2O2. The smallest absolute Gasteiger partial charge is 0.220 e. The number of phenolic OH excluding ortho intramolecular Hbond substituents is 1. The molecule has 20 heavy (non-hydrogen) atoms. The van der Waals surface area contributed by atoms with Crippen molar-refractivity contribution in [2.75, 3.05) is 19.6 Å². The molecule has 110 valence electrons. The van der Waals surface area contributed by atoms with Crippen LogP contribution in [0.1, 0.15) is 31.2 Å². The molecule has 0 aromatic heterocycles. The second-order valence-corrected chi connectivity index (χ2v) is 5.50. The van der Waals surface area contributed by atoms with Gasteiger partial charge in [-0.25, -0.2) is 0 Å². The Labute approximate surface area is 120 Å². The second kappa shape index (κ2) is 7.90. The van der Waals surface area contributed by atoms with E-state index in [1.54, 1.807) is 12.1 Å². The van der Waals surface area contributed by atoms with Gasteiger partial charge in [0.1, 0.15) is 5.75 Å². The molecule has 1 aliphatic rings. The summed E-state index contributed by atoms with van der Waals surface area (Å²) < 4.78 is 0. The van der Waals surface area contributed by atoms with Gasteiger partial charge in [0, 0.05) is 13.0 Å². The van der Waals surface area contributed by atoms with Gasteiger partial charge in [-0.15, -0.1) is 0 Å². The van der Waals surface area contributed by atoms with Gasteiger partial charge in [-0.05, 0) is 62.4 Å². The molecule has 0 bridgehead atoms. The maximum atomic E-state index is 11.8. The summed E-state index contributed by atoms with van der Waals surface area (Å²) in [7, 11) is 0. The largest absolute Gasteiger partial charge is 0.508 e. The fraction of sp³-hybridized carbons (Fsp3) is 0.562. The van der Waals surface area contributed by atoms with Crippen LogP contribution in [-0.4, -0.2) is 30.6 Å². The number of nitrogens with one attached hydrogen (secondary N) is 2. The molecule has 4 nitrogen and oxygen atoms in total. The van der Waals surface area contributed by atoms with E-state index in [9.17, 15) is 9.90 Å². The van der Waals surface area contributed by atoms with Gasteiger partial charge in [-0.3, -0.25) is 4.79 Å². The number of carbonyl (C=O) groups is 1. The van der Waals surface area contributed by atoms with Crippen LogP contribution in [0.4, 0.5) is 0 Å². The van der Waals surface area contributed by atoms with E-state index in [0.717, 1.165) is 31.5 Å². The zero-order valence-corrected chi connectivity index (χ0v) is 11.9. The lowest BCUT2D eigenvalue weighted by Gasteiger charge is -2.22. The van der Waals surface area contributed by atoms with Gasteiger partial charge in [-0.2, -0.15) is 0 Å². The Balaban J connectivity index is 1.58. The molecular weight excluding hydrogens is 252 g/mol. The molecule has 1 heterocycles. The number of phenols is 1. The maximum absolute atomic E-state index is 11.8. The van der Waals surface area contributed by atoms with Crippen LogP contribution in [0.3, 0.4) is 0 Å². The average Bonchev–Trinajstić information content (AvgIpc) is 2.48. The van der Waals surface area contributed by atoms with Crippen molar-refractivity contribution in [3.05, 3.63) is 29.8 Å². The minimum Gasteiger partial charge on any atom is -0.508 e. The number of hydrogen-bond acceptors (Lipinski definition) is 3. The Bertz CT molecular complexity index is 411. The van der Waals surface area contributed by atoms with Crippen LogP contribution in [0.5, 0.6) is 5.75 Å². The molecule has 1 fully saturated rings. The van der Waals surface area contributed by atoms with Crippen molar-refractivity contribution < 1.29 is 9.90 Å². The van der Waals surface area contributed by atoms with Gasteiger partial charge >= 0.3 is 0 Å². The van der Waals surface area contributed by atoms with Crippen LogP contribution in [0.25, 0.3) is 0 Å². The number of amides is 1. The quantitative estimate of drug-likeness (QED) is 0.743. The summed E-state index contributed by atoms with van der Waals surface area (Å²) in [6.07, 6.45) is 4.84. The predicted molar refractivity (Wildman–Crippen MR) is 79.6 cm³/mol. The Morgan fingerprint density at radius 3 is 2.65 bits per heavy atom. The van der Waals surface area contributed by atoms with E-state index in [1.165, 1.54) is 12.8 Å². The number of benzene rings is 1. The van der Waals surface area contributed by atoms with E-state index in [1.807, 2.05) is 12.1 Å². The van der Waals surface area contributed by atoms with Crippen LogP contribution in [0, 0.1) is 5.92 Å². The summed E-state index contributed by atoms with van der Waals surface area (Å²) in [5, 5.41) is 15.5. The summed E-state index contributed by atoms with van der Waals surface area (Å²) in [6.45, 7) is 2.84. The third kappa shape index (κ3) is 5.21. The Morgan fingerprint density at radius 1 is 1.25 bits per heavy atom. The van der Waals surface area contributed by atoms with E-state index < -0.39 is 0 Å². The molecule has 1 saturated heterocycles. The first-order chi connectivity index (χ1) is 9.74. The SMILES string of the molecule is O=C(CCC1CCNCC1)NCCc1ccc(O)cc1. The van der Waals surface area contributed by atoms with Gasteiger partial charge in [0.05, 0.1) is 0 Å². The first kappa shape index (κ1) is 14.9. The Hall–Kier alpha value is -1.55. The van der Waals surface area contributed by atoms with E-state index >= 15 is 0 Å². The zero-order valence-electron chi connectivity index (χ0n) is 11.9. The maximum Gasteiger partial charge on any atom is 0.220 e. The molecule has 0 spiro atoms. The minimum absolute atomic E-state index is 0.155. The first-order valence-corrected chi connectivity index (χ1v) is 7.49. The fourth-order valence-electron chi connectivity index (χ4n) is 2.60. The molecule has 1 aromatic carbocycles. The van der Waals surface area contributed by atoms with Crippen molar-refractivity contribution in [2.24, 2.45) is 5.92 Å². The van der Waals surface area contributed by atoms with E-state index in [-0.39, 0.29) is 11.7 Å². The number of aromatic hydroxyl groups is 1. The first-order valence-electron chi connectivity index (χ1n) is 7.49. The van der Waals surface area contributed by atoms with E-state index in [0.29, 0.717) is 18.9 Å². The monoisotopic (exact) mass is 276 g/mol. The highest BCUT2D eigenvalue weighted by atomic mass is 16.3. The number of rotatable bonds is 6. The van der Waals surface area contributed by atoms with Crippen LogP contribution < -0.4 is 10.6 Å². The van der Waals surface area contributed by atoms with Crippen molar-refractivity contribution >= 4 is 5.91 Å². The second-order valence-electron chi connectivity index (χ2n) is 5.50. The molecule has 0 aliphatic carbocycles. The molecule has 1 aliphatic heterocycles. The lowest BCUT2D eigenvalue weighted by molar-refractivity contribution is -0.121. The molecule has 2 rings (SSSR count). The summed E-state index contributed by atoms with van der Waals surface area (Å²) in [4.78, 5) is 11.8. The molecule has 0 atom stereocenters. The number of piperidine rings is 1. The highest BCUT2D eigenvalue weighted by molar-refractivity contribution is 5.75. The van der Waals surface area contributed by atoms with Gasteiger partial charge in [0.2, 0.25) is 5.91 Å². The molecule has 1 amide bonds. The molecule has 0 saturated carbocycles. The summed E-state index contributed by atoms with van der Waals surface area (Å²) in [5.41, 5.74) is 1.13. The molecule has 3 N–H and O–H groups in total. The van der Waals surface area contributed by atoms with Crippen molar-refractivity contribution in [2.45, 2.75) is 32.1 Å². The van der Waals surface area contributed by atoms with Crippen molar-refractivity contribution in [3.8, 4) is 5.75 Å². The van der Waals surface area contributed by atoms with Crippen LogP contribution in [0.2, 0.25) is 0 Å². The Morgan fingerprint density at radius 2 is 1.95 bits per heavy atom. The fourth-order valence-corrected chi connectivity index (χ4v) is 2.60.